The fourth-order valence-electron chi connectivity index (χ4n) is 10.5. The first-order valence-corrected chi connectivity index (χ1v) is 22.5. The van der Waals surface area contributed by atoms with Crippen molar-refractivity contribution in [2.24, 2.45) is 10.4 Å². The predicted octanol–water partition coefficient (Wildman–Crippen LogP) is 15.1. The molecular formula is C58H65N3O2. The Kier molecular flexibility index (Phi) is 9.02. The van der Waals surface area contributed by atoms with Crippen molar-refractivity contribution < 1.29 is 12.2 Å². The van der Waals surface area contributed by atoms with Crippen LogP contribution in [0.5, 0.6) is 11.5 Å². The van der Waals surface area contributed by atoms with Gasteiger partial charge < -0.3 is 9.47 Å². The second-order valence-corrected chi connectivity index (χ2v) is 21.9. The molecule has 5 aromatic carbocycles. The van der Waals surface area contributed by atoms with Crippen LogP contribution in [0, 0.1) is 47.0 Å². The van der Waals surface area contributed by atoms with Gasteiger partial charge in [-0.2, -0.15) is 0 Å². The van der Waals surface area contributed by atoms with Crippen molar-refractivity contribution >= 4 is 27.8 Å². The Morgan fingerprint density at radius 1 is 0.651 bits per heavy atom. The Balaban J connectivity index is 1.25. The largest absolute Gasteiger partial charge is 0.463 e. The Hall–Kier alpha value is -5.68. The first-order chi connectivity index (χ1) is 30.1. The summed E-state index contributed by atoms with van der Waals surface area (Å²) >= 11 is 0. The summed E-state index contributed by atoms with van der Waals surface area (Å²) < 4.78 is 36.4. The van der Waals surface area contributed by atoms with E-state index >= 15 is 0 Å². The zero-order valence-electron chi connectivity index (χ0n) is 42.3. The average Bonchev–Trinajstić information content (AvgIpc) is 3.74. The number of rotatable bonds is 5. The van der Waals surface area contributed by atoms with E-state index in [1.165, 1.54) is 16.5 Å². The number of nitrogens with zero attached hydrogens (tertiary/aromatic N) is 3. The summed E-state index contributed by atoms with van der Waals surface area (Å²) in [4.78, 5) is 10.5. The molecular weight excluding hydrogens is 771 g/mol. The first-order valence-electron chi connectivity index (χ1n) is 23.5. The molecule has 0 N–H and O–H groups in total. The van der Waals surface area contributed by atoms with E-state index in [0.29, 0.717) is 23.0 Å². The highest BCUT2D eigenvalue weighted by atomic mass is 16.5. The molecule has 0 radical (unpaired) electrons. The van der Waals surface area contributed by atoms with E-state index in [2.05, 4.69) is 174 Å². The quantitative estimate of drug-likeness (QED) is 0.173. The van der Waals surface area contributed by atoms with Crippen molar-refractivity contribution in [3.8, 4) is 28.3 Å². The molecule has 1 aliphatic carbocycles. The summed E-state index contributed by atoms with van der Waals surface area (Å²) in [5.74, 6) is 1.74. The van der Waals surface area contributed by atoms with Crippen LogP contribution in [-0.2, 0) is 27.5 Å². The van der Waals surface area contributed by atoms with Crippen LogP contribution in [-0.4, -0.2) is 21.0 Å². The van der Waals surface area contributed by atoms with Crippen LogP contribution >= 0.6 is 0 Å². The number of aromatic nitrogens is 2. The number of hydrogen-bond donors (Lipinski definition) is 0. The summed E-state index contributed by atoms with van der Waals surface area (Å²) in [5.41, 5.74) is 13.4. The highest BCUT2D eigenvalue weighted by molar-refractivity contribution is 6.08. The van der Waals surface area contributed by atoms with Crippen LogP contribution in [0.1, 0.15) is 133 Å². The van der Waals surface area contributed by atoms with Crippen molar-refractivity contribution in [1.82, 2.24) is 9.55 Å². The molecule has 0 bridgehead atoms. The number of hydrogen-bond acceptors (Lipinski definition) is 4. The summed E-state index contributed by atoms with van der Waals surface area (Å²) in [7, 11) is 0. The maximum atomic E-state index is 9.81. The lowest BCUT2D eigenvalue weighted by atomic mass is 9.65. The van der Waals surface area contributed by atoms with Gasteiger partial charge in [-0.3, -0.25) is 4.57 Å². The Morgan fingerprint density at radius 3 is 1.97 bits per heavy atom. The maximum absolute atomic E-state index is 9.81. The Morgan fingerprint density at radius 2 is 1.30 bits per heavy atom. The molecule has 3 heterocycles. The molecule has 2 aromatic heterocycles. The average molecular weight is 838 g/mol. The lowest BCUT2D eigenvalue weighted by molar-refractivity contribution is -0.0724. The minimum Gasteiger partial charge on any atom is -0.463 e. The van der Waals surface area contributed by atoms with Crippen molar-refractivity contribution in [1.29, 1.82) is 0 Å². The molecule has 0 saturated carbocycles. The van der Waals surface area contributed by atoms with Crippen LogP contribution in [0.2, 0.25) is 0 Å². The van der Waals surface area contributed by atoms with E-state index in [1.807, 2.05) is 32.2 Å². The summed E-state index contributed by atoms with van der Waals surface area (Å²) in [6.45, 7) is 34.5. The van der Waals surface area contributed by atoms with Gasteiger partial charge in [-0.05, 0) is 163 Å². The molecule has 2 aliphatic rings. The van der Waals surface area contributed by atoms with Crippen molar-refractivity contribution in [3.63, 3.8) is 0 Å². The second kappa shape index (κ2) is 14.2. The van der Waals surface area contributed by atoms with Gasteiger partial charge in [0.1, 0.15) is 22.7 Å². The standard InChI is InChI=1S/C58H65N3O2/c1-33-19-37(5)51(38(6)20-33)39-24-40(53-60-57(16)31-41-22-35(3)36(4)23-49(41)58(57,63-53)56(13,14)15)26-45(25-39)62-46-28-43(55(10,11)12)27-44(30-46)61-50-18-17-42(54(7,8)9)29-47(50)48-21-34(2)32-59-52(48)61/h17-30,32H,31H2,1-16H3/t57-,58-/m1/s1/i31D2. The van der Waals surface area contributed by atoms with Crippen molar-refractivity contribution in [2.45, 2.75) is 139 Å². The SMILES string of the molecule is [2H]C1([2H])c2cc(C)c(C)cc2[C@]2(C(C)(C)C)OC(c3cc(Oc4cc(-n5c6ccc(C(C)(C)C)cc6c6cc(C)cnc65)cc(C(C)(C)C)c4)cc(-c4c(C)cc(C)cc4C)c3)=N[C@]12C. The molecule has 7 aromatic rings. The first kappa shape index (κ1) is 40.1. The number of aryl methyl sites for hydroxylation is 6. The van der Waals surface area contributed by atoms with Gasteiger partial charge in [-0.1, -0.05) is 98.2 Å². The van der Waals surface area contributed by atoms with Gasteiger partial charge in [0.25, 0.3) is 0 Å². The van der Waals surface area contributed by atoms with Crippen LogP contribution in [0.15, 0.2) is 96.1 Å². The third-order valence-corrected chi connectivity index (χ3v) is 13.7. The van der Waals surface area contributed by atoms with E-state index in [4.69, 9.17) is 19.5 Å². The Bertz CT molecular complexity index is 3150. The number of ether oxygens (including phenoxy) is 2. The van der Waals surface area contributed by atoms with E-state index in [0.717, 1.165) is 77.9 Å². The maximum Gasteiger partial charge on any atom is 0.217 e. The molecule has 2 atom stereocenters. The number of aliphatic imine (C=N–C) groups is 1. The molecule has 5 nitrogen and oxygen atoms in total. The molecule has 63 heavy (non-hydrogen) atoms. The molecule has 0 unspecified atom stereocenters. The van der Waals surface area contributed by atoms with Gasteiger partial charge in [-0.15, -0.1) is 0 Å². The summed E-state index contributed by atoms with van der Waals surface area (Å²) in [6, 6.07) is 30.5. The van der Waals surface area contributed by atoms with Gasteiger partial charge in [0.2, 0.25) is 5.90 Å². The lowest BCUT2D eigenvalue weighted by Crippen LogP contribution is -2.52. The van der Waals surface area contributed by atoms with E-state index in [-0.39, 0.29) is 10.8 Å². The van der Waals surface area contributed by atoms with Crippen LogP contribution in [0.4, 0.5) is 0 Å². The van der Waals surface area contributed by atoms with Crippen molar-refractivity contribution in [3.05, 3.63) is 152 Å². The molecule has 324 valence electrons. The fourth-order valence-corrected chi connectivity index (χ4v) is 10.5. The second-order valence-electron chi connectivity index (χ2n) is 21.9. The number of benzene rings is 5. The van der Waals surface area contributed by atoms with Crippen LogP contribution in [0.25, 0.3) is 38.8 Å². The zero-order valence-corrected chi connectivity index (χ0v) is 40.3. The molecule has 0 spiro atoms. The fraction of sp³-hybridized carbons (Fsp3) is 0.379. The third-order valence-electron chi connectivity index (χ3n) is 13.7. The van der Waals surface area contributed by atoms with Gasteiger partial charge in [-0.25, -0.2) is 9.98 Å². The normalized spacial score (nSPS) is 20.0. The minimum absolute atomic E-state index is 0.0107. The molecule has 0 saturated heterocycles. The van der Waals surface area contributed by atoms with Crippen LogP contribution < -0.4 is 4.74 Å². The molecule has 0 fully saturated rings. The zero-order chi connectivity index (χ0) is 47.1. The van der Waals surface area contributed by atoms with E-state index in [9.17, 15) is 2.74 Å². The third kappa shape index (κ3) is 6.89. The number of fused-ring (bicyclic) bond motifs is 6. The molecule has 0 amide bonds. The summed E-state index contributed by atoms with van der Waals surface area (Å²) in [5, 5.41) is 2.30. The van der Waals surface area contributed by atoms with Gasteiger partial charge in [0, 0.05) is 48.7 Å². The van der Waals surface area contributed by atoms with Crippen molar-refractivity contribution in [2.75, 3.05) is 0 Å². The van der Waals surface area contributed by atoms with E-state index in [1.54, 1.807) is 0 Å². The van der Waals surface area contributed by atoms with Crippen LogP contribution in [0.3, 0.4) is 0 Å². The smallest absolute Gasteiger partial charge is 0.217 e. The number of pyridine rings is 1. The molecule has 1 aliphatic heterocycles. The predicted molar refractivity (Wildman–Crippen MR) is 264 cm³/mol. The Labute approximate surface area is 378 Å². The van der Waals surface area contributed by atoms with Gasteiger partial charge in [0.05, 0.1) is 11.2 Å². The summed E-state index contributed by atoms with van der Waals surface area (Å²) in [6.07, 6.45) is 0.142. The van der Waals surface area contributed by atoms with Gasteiger partial charge in [0.15, 0.2) is 5.60 Å². The lowest BCUT2D eigenvalue weighted by Gasteiger charge is -2.46. The van der Waals surface area contributed by atoms with Gasteiger partial charge >= 0.3 is 0 Å². The monoisotopic (exact) mass is 838 g/mol. The molecule has 9 rings (SSSR count). The van der Waals surface area contributed by atoms with E-state index < -0.39 is 22.9 Å². The highest BCUT2D eigenvalue weighted by Gasteiger charge is 2.67. The molecule has 5 heteroatoms. The topological polar surface area (TPSA) is 48.6 Å². The minimum atomic E-state index is -1.81. The highest BCUT2D eigenvalue weighted by Crippen LogP contribution is 2.61.